The van der Waals surface area contributed by atoms with Crippen LogP contribution in [0.25, 0.3) is 0 Å². The molecule has 0 amide bonds. The van der Waals surface area contributed by atoms with Crippen LogP contribution in [0.3, 0.4) is 0 Å². The highest BCUT2D eigenvalue weighted by molar-refractivity contribution is 5.83. The van der Waals surface area contributed by atoms with Gasteiger partial charge in [-0.15, -0.1) is 16.6 Å². The largest absolute Gasteiger partial charge is 0.504 e. The minimum atomic E-state index is -0.357. The van der Waals surface area contributed by atoms with Crippen molar-refractivity contribution in [2.24, 2.45) is 16.6 Å². The molecule has 0 bridgehead atoms. The number of aliphatic hydroxyl groups excluding tert-OH is 2. The minimum absolute atomic E-state index is 0.0561. The number of nitrogens with two attached hydrogens (primary N) is 1. The second kappa shape index (κ2) is 17.4. The average molecular weight is 557 g/mol. The normalized spacial score (nSPS) is 18.3. The minimum Gasteiger partial charge on any atom is -0.504 e. The van der Waals surface area contributed by atoms with Gasteiger partial charge < -0.3 is 35.8 Å². The number of aliphatic hydroxyl groups is 4. The van der Waals surface area contributed by atoms with Gasteiger partial charge in [0.2, 0.25) is 0 Å². The number of hydrogen-bond acceptors (Lipinski definition) is 7. The summed E-state index contributed by atoms with van der Waals surface area (Å²) in [6.45, 7) is 6.51. The summed E-state index contributed by atoms with van der Waals surface area (Å²) in [5.74, 6) is 0.911. The molecule has 0 radical (unpaired) electrons. The highest BCUT2D eigenvalue weighted by atomic mass is 16.5. The topological polar surface area (TPSA) is 133 Å². The number of phenolic OH excluding ortho intramolecular Hbond substituents is 1. The van der Waals surface area contributed by atoms with Crippen molar-refractivity contribution in [3.63, 3.8) is 0 Å². The van der Waals surface area contributed by atoms with Gasteiger partial charge in [0.1, 0.15) is 18.3 Å². The Morgan fingerprint density at radius 3 is 2.75 bits per heavy atom. The van der Waals surface area contributed by atoms with Crippen LogP contribution in [0.15, 0.2) is 46.5 Å². The first-order valence-electron chi connectivity index (χ1n) is 14.9. The standard InChI is InChI=1S/C32H49N3O5/c1-23(19-34-20-24(2)37)26-17-28(35-21-26)13-15-39-32-16-25(10-12-30(32)38)9-11-29-18-27(22-36)31(40-29)8-6-4-3-5-7-14-33/h10,12,16-18,21,23-24,31,34,36-37,40H,3-9,11,13-15,19-20,22,33H2,1-2H3/p+1/t23-,24-,31?/m0/s1. The van der Waals surface area contributed by atoms with E-state index in [9.17, 15) is 15.3 Å². The average Bonchev–Trinajstić information content (AvgIpc) is 3.57. The molecule has 0 aromatic heterocycles. The molecular weight excluding hydrogens is 506 g/mol. The smallest absolute Gasteiger partial charge is 0.176 e. The number of ether oxygens (including phenoxy) is 2. The van der Waals surface area contributed by atoms with Crippen molar-refractivity contribution in [3.05, 3.63) is 59.2 Å². The van der Waals surface area contributed by atoms with Crippen LogP contribution in [-0.4, -0.2) is 71.3 Å². The number of hydrogen-bond donors (Lipinski definition) is 5. The molecule has 0 saturated carbocycles. The Morgan fingerprint density at radius 2 is 1.98 bits per heavy atom. The molecule has 40 heavy (non-hydrogen) atoms. The number of rotatable bonds is 20. The van der Waals surface area contributed by atoms with Crippen LogP contribution in [0.1, 0.15) is 70.8 Å². The number of phenols is 1. The molecule has 0 aliphatic carbocycles. The molecule has 1 aromatic rings. The summed E-state index contributed by atoms with van der Waals surface area (Å²) in [4.78, 5) is 4.52. The zero-order valence-electron chi connectivity index (χ0n) is 24.3. The molecule has 2 heterocycles. The van der Waals surface area contributed by atoms with Crippen molar-refractivity contribution in [2.45, 2.75) is 83.8 Å². The van der Waals surface area contributed by atoms with E-state index in [1.165, 1.54) is 19.3 Å². The second-order valence-electron chi connectivity index (χ2n) is 11.1. The van der Waals surface area contributed by atoms with Gasteiger partial charge >= 0.3 is 0 Å². The monoisotopic (exact) mass is 556 g/mol. The summed E-state index contributed by atoms with van der Waals surface area (Å²) in [6, 6.07) is 6.47. The third-order valence-corrected chi connectivity index (χ3v) is 7.45. The van der Waals surface area contributed by atoms with E-state index in [-0.39, 0.29) is 24.6 Å². The molecule has 1 aromatic carbocycles. The van der Waals surface area contributed by atoms with Crippen LogP contribution in [0, 0.1) is 18.1 Å². The van der Waals surface area contributed by atoms with Gasteiger partial charge in [-0.25, -0.2) is 0 Å². The van der Waals surface area contributed by atoms with E-state index in [0.717, 1.165) is 74.0 Å². The predicted octanol–water partition coefficient (Wildman–Crippen LogP) is 3.90. The maximum atomic E-state index is 10.3. The summed E-state index contributed by atoms with van der Waals surface area (Å²) in [7, 11) is 0. The van der Waals surface area contributed by atoms with Gasteiger partial charge in [0.15, 0.2) is 23.8 Å². The van der Waals surface area contributed by atoms with Gasteiger partial charge in [-0.05, 0) is 63.8 Å². The van der Waals surface area contributed by atoms with E-state index in [4.69, 9.17) is 15.2 Å². The Bertz CT molecular complexity index is 977. The van der Waals surface area contributed by atoms with Crippen molar-refractivity contribution in [1.29, 1.82) is 0 Å². The van der Waals surface area contributed by atoms with E-state index < -0.39 is 0 Å². The van der Waals surface area contributed by atoms with E-state index in [1.54, 1.807) is 13.0 Å². The molecule has 3 rings (SSSR count). The van der Waals surface area contributed by atoms with Crippen LogP contribution in [0.4, 0.5) is 0 Å². The summed E-state index contributed by atoms with van der Waals surface area (Å²) in [5, 5.41) is 32.8. The number of aromatic hydroxyl groups is 1. The van der Waals surface area contributed by atoms with E-state index in [0.29, 0.717) is 31.2 Å². The fourth-order valence-electron chi connectivity index (χ4n) is 5.01. The lowest BCUT2D eigenvalue weighted by Crippen LogP contribution is -2.29. The molecular formula is C32H50N3O5+. The van der Waals surface area contributed by atoms with Crippen molar-refractivity contribution in [3.8, 4) is 11.5 Å². The van der Waals surface area contributed by atoms with E-state index in [1.807, 2.05) is 18.3 Å². The lowest BCUT2D eigenvalue weighted by atomic mass is 10.0. The molecule has 8 heteroatoms. The Hall–Kier alpha value is -2.49. The van der Waals surface area contributed by atoms with Crippen LogP contribution < -0.4 is 15.8 Å². The third kappa shape index (κ3) is 10.8. The summed E-state index contributed by atoms with van der Waals surface area (Å²) in [5.41, 5.74) is 8.82. The zero-order chi connectivity index (χ0) is 28.7. The SMILES string of the molecule is C[C@H](O)CNC[C@H](C)C1=C[C+](CCOc2cc(CC[C-]3C=C(CO)C(CCCCCCCN)[OH+]3)ccc2O)N=C1. The number of unbranched alkanes of at least 4 members (excludes halogenated alkanes) is 4. The molecule has 0 saturated heterocycles. The number of nitrogens with one attached hydrogen (secondary N) is 1. The molecule has 2 aliphatic heterocycles. The molecule has 0 fully saturated rings. The summed E-state index contributed by atoms with van der Waals surface area (Å²) in [6.07, 6.45) is 15.8. The van der Waals surface area contributed by atoms with Gasteiger partial charge in [-0.1, -0.05) is 25.3 Å². The summed E-state index contributed by atoms with van der Waals surface area (Å²) >= 11 is 0. The van der Waals surface area contributed by atoms with Gasteiger partial charge in [0.05, 0.1) is 30.6 Å². The van der Waals surface area contributed by atoms with Gasteiger partial charge in [0, 0.05) is 26.1 Å². The second-order valence-corrected chi connectivity index (χ2v) is 11.1. The van der Waals surface area contributed by atoms with Gasteiger partial charge in [0.25, 0.3) is 0 Å². The van der Waals surface area contributed by atoms with E-state index >= 15 is 0 Å². The molecule has 0 spiro atoms. The fraction of sp³-hybridized carbons (Fsp3) is 0.594. The molecule has 2 aliphatic rings. The third-order valence-electron chi connectivity index (χ3n) is 7.45. The number of aliphatic imine (C=N–C) groups is 1. The van der Waals surface area contributed by atoms with Crippen LogP contribution >= 0.6 is 0 Å². The Labute approximate surface area is 240 Å². The number of aryl methyl sites for hydroxylation is 1. The van der Waals surface area contributed by atoms with E-state index in [2.05, 4.69) is 29.4 Å². The maximum absolute atomic E-state index is 10.3. The van der Waals surface area contributed by atoms with Crippen molar-refractivity contribution in [2.75, 3.05) is 32.8 Å². The Morgan fingerprint density at radius 1 is 1.18 bits per heavy atom. The molecule has 8 nitrogen and oxygen atoms in total. The zero-order valence-corrected chi connectivity index (χ0v) is 24.3. The highest BCUT2D eigenvalue weighted by Gasteiger charge is 2.26. The first kappa shape index (κ1) is 32.0. The highest BCUT2D eigenvalue weighted by Crippen LogP contribution is 2.32. The number of benzene rings is 1. The first-order valence-corrected chi connectivity index (χ1v) is 14.9. The van der Waals surface area contributed by atoms with Gasteiger partial charge in [-0.2, -0.15) is 0 Å². The molecule has 1 unspecified atom stereocenters. The van der Waals surface area contributed by atoms with Crippen LogP contribution in [0.5, 0.6) is 11.5 Å². The maximum Gasteiger partial charge on any atom is 0.176 e. The van der Waals surface area contributed by atoms with Crippen molar-refractivity contribution < 1.29 is 24.8 Å². The van der Waals surface area contributed by atoms with Crippen molar-refractivity contribution in [1.82, 2.24) is 5.32 Å². The van der Waals surface area contributed by atoms with Crippen molar-refractivity contribution >= 4 is 6.21 Å². The van der Waals surface area contributed by atoms with Gasteiger partial charge in [-0.3, -0.25) is 0 Å². The molecule has 222 valence electrons. The summed E-state index contributed by atoms with van der Waals surface area (Å²) < 4.78 is 10.8. The van der Waals surface area contributed by atoms with Crippen LogP contribution in [0.2, 0.25) is 0 Å². The Kier molecular flexibility index (Phi) is 13.9. The fourth-order valence-corrected chi connectivity index (χ4v) is 5.01. The lowest BCUT2D eigenvalue weighted by Gasteiger charge is -2.19. The van der Waals surface area contributed by atoms with Crippen LogP contribution in [-0.2, 0) is 6.42 Å². The quantitative estimate of drug-likeness (QED) is 0.0940. The molecule has 7 N–H and O–H groups in total. The predicted molar refractivity (Wildman–Crippen MR) is 161 cm³/mol. The lowest BCUT2D eigenvalue weighted by molar-refractivity contribution is -0.0552. The molecule has 3 atom stereocenters. The number of nitrogens with zero attached hydrogens (tertiary/aromatic N) is 1. The first-order chi connectivity index (χ1) is 19.4. The Balaban J connectivity index is 1.40.